The van der Waals surface area contributed by atoms with Crippen LogP contribution >= 0.6 is 0 Å². The lowest BCUT2D eigenvalue weighted by Crippen LogP contribution is -2.35. The van der Waals surface area contributed by atoms with Crippen molar-refractivity contribution in [3.63, 3.8) is 0 Å². The molecule has 2 saturated heterocycles. The number of rotatable bonds is 7. The van der Waals surface area contributed by atoms with Gasteiger partial charge in [-0.15, -0.1) is 0 Å². The van der Waals surface area contributed by atoms with Crippen LogP contribution in [0.3, 0.4) is 0 Å². The van der Waals surface area contributed by atoms with Gasteiger partial charge in [-0.25, -0.2) is 18.7 Å². The maximum Gasteiger partial charge on any atom is 0.324 e. The molecule has 1 aromatic carbocycles. The minimum atomic E-state index is -3.15. The molecule has 0 radical (unpaired) electrons. The van der Waals surface area contributed by atoms with E-state index in [-0.39, 0.29) is 29.5 Å². The molecule has 2 atom stereocenters. The highest BCUT2D eigenvalue weighted by molar-refractivity contribution is 5.39. The fourth-order valence-corrected chi connectivity index (χ4v) is 4.69. The zero-order valence-corrected chi connectivity index (χ0v) is 20.2. The van der Waals surface area contributed by atoms with Crippen molar-refractivity contribution in [3.8, 4) is 5.75 Å². The number of nitrogens with zero attached hydrogens (tertiary/aromatic N) is 6. The van der Waals surface area contributed by atoms with Crippen LogP contribution in [-0.2, 0) is 5.92 Å². The second-order valence-corrected chi connectivity index (χ2v) is 9.59. The summed E-state index contributed by atoms with van der Waals surface area (Å²) < 4.78 is 65.4. The Morgan fingerprint density at radius 3 is 2.51 bits per heavy atom. The van der Waals surface area contributed by atoms with Crippen LogP contribution in [0.2, 0.25) is 0 Å². The van der Waals surface area contributed by atoms with Gasteiger partial charge in [-0.1, -0.05) is 5.16 Å². The van der Waals surface area contributed by atoms with Crippen molar-refractivity contribution in [3.05, 3.63) is 53.6 Å². The first kappa shape index (κ1) is 25.2. The molecule has 37 heavy (non-hydrogen) atoms. The molecule has 2 fully saturated rings. The SMILES string of the molecule is CC(F)(F)c1noc(N2CCC(COc3cnc(N4C[C@H](c5cc(F)ccc5F)[C@@H](N)C4)nc3)CC2)n1. The average molecular weight is 522 g/mol. The summed E-state index contributed by atoms with van der Waals surface area (Å²) in [6, 6.07) is 3.10. The first-order valence-electron chi connectivity index (χ1n) is 12.0. The van der Waals surface area contributed by atoms with Gasteiger partial charge in [-0.2, -0.15) is 13.8 Å². The number of anilines is 2. The predicted molar refractivity (Wildman–Crippen MR) is 126 cm³/mol. The van der Waals surface area contributed by atoms with E-state index >= 15 is 0 Å². The molecule has 2 aliphatic heterocycles. The van der Waals surface area contributed by atoms with Gasteiger partial charge in [-0.3, -0.25) is 0 Å². The third-order valence-corrected chi connectivity index (χ3v) is 6.80. The largest absolute Gasteiger partial charge is 0.490 e. The number of aromatic nitrogens is 4. The molecule has 0 aliphatic carbocycles. The Bertz CT molecular complexity index is 1210. The van der Waals surface area contributed by atoms with E-state index in [2.05, 4.69) is 20.1 Å². The summed E-state index contributed by atoms with van der Waals surface area (Å²) in [6.07, 6.45) is 4.68. The Kier molecular flexibility index (Phi) is 6.88. The van der Waals surface area contributed by atoms with Gasteiger partial charge in [0.2, 0.25) is 11.8 Å². The minimum Gasteiger partial charge on any atom is -0.490 e. The molecule has 3 aromatic rings. The van der Waals surface area contributed by atoms with Gasteiger partial charge in [0, 0.05) is 45.1 Å². The quantitative estimate of drug-likeness (QED) is 0.468. The van der Waals surface area contributed by atoms with Crippen molar-refractivity contribution >= 4 is 12.0 Å². The lowest BCUT2D eigenvalue weighted by molar-refractivity contribution is 0.00559. The zero-order chi connectivity index (χ0) is 26.2. The molecule has 2 aromatic heterocycles. The topological polar surface area (TPSA) is 106 Å². The molecule has 0 unspecified atom stereocenters. The fraction of sp³-hybridized carbons (Fsp3) is 0.500. The summed E-state index contributed by atoms with van der Waals surface area (Å²) in [7, 11) is 0. The van der Waals surface area contributed by atoms with Crippen LogP contribution in [0.1, 0.15) is 37.1 Å². The number of halogens is 4. The molecule has 13 heteroatoms. The zero-order valence-electron chi connectivity index (χ0n) is 20.2. The van der Waals surface area contributed by atoms with Crippen LogP contribution in [0, 0.1) is 17.6 Å². The average Bonchev–Trinajstić information content (AvgIpc) is 3.53. The van der Waals surface area contributed by atoms with Gasteiger partial charge in [0.15, 0.2) is 5.75 Å². The molecular weight excluding hydrogens is 494 g/mol. The second kappa shape index (κ2) is 10.1. The predicted octanol–water partition coefficient (Wildman–Crippen LogP) is 3.48. The van der Waals surface area contributed by atoms with Crippen molar-refractivity contribution < 1.29 is 26.8 Å². The lowest BCUT2D eigenvalue weighted by Gasteiger charge is -2.30. The lowest BCUT2D eigenvalue weighted by atomic mass is 9.94. The Hall–Kier alpha value is -3.48. The Morgan fingerprint density at radius 2 is 1.84 bits per heavy atom. The Morgan fingerprint density at radius 1 is 1.11 bits per heavy atom. The van der Waals surface area contributed by atoms with Crippen molar-refractivity contribution in [1.82, 2.24) is 20.1 Å². The van der Waals surface area contributed by atoms with Gasteiger partial charge in [0.1, 0.15) is 11.6 Å². The van der Waals surface area contributed by atoms with Gasteiger partial charge in [-0.05, 0) is 42.5 Å². The minimum absolute atomic E-state index is 0.101. The second-order valence-electron chi connectivity index (χ2n) is 9.59. The number of ether oxygens (including phenoxy) is 1. The van der Waals surface area contributed by atoms with Crippen LogP contribution in [-0.4, -0.2) is 58.9 Å². The van der Waals surface area contributed by atoms with E-state index in [0.717, 1.165) is 31.9 Å². The van der Waals surface area contributed by atoms with E-state index in [1.165, 1.54) is 6.07 Å². The van der Waals surface area contributed by atoms with Gasteiger partial charge >= 0.3 is 11.9 Å². The molecule has 0 spiro atoms. The summed E-state index contributed by atoms with van der Waals surface area (Å²) in [5, 5.41) is 3.37. The summed E-state index contributed by atoms with van der Waals surface area (Å²) in [5.74, 6) is -3.93. The maximum absolute atomic E-state index is 14.2. The van der Waals surface area contributed by atoms with E-state index in [0.29, 0.717) is 44.5 Å². The fourth-order valence-electron chi connectivity index (χ4n) is 4.69. The van der Waals surface area contributed by atoms with Crippen LogP contribution in [0.25, 0.3) is 0 Å². The smallest absolute Gasteiger partial charge is 0.324 e. The van der Waals surface area contributed by atoms with Crippen molar-refractivity contribution in [2.75, 3.05) is 42.6 Å². The highest BCUT2D eigenvalue weighted by atomic mass is 19.3. The van der Waals surface area contributed by atoms with E-state index in [1.807, 2.05) is 4.90 Å². The summed E-state index contributed by atoms with van der Waals surface area (Å²) >= 11 is 0. The highest BCUT2D eigenvalue weighted by Crippen LogP contribution is 2.31. The van der Waals surface area contributed by atoms with E-state index in [9.17, 15) is 17.6 Å². The number of piperidine rings is 1. The number of nitrogens with two attached hydrogens (primary N) is 1. The first-order chi connectivity index (χ1) is 17.7. The molecular formula is C24H27F4N7O2. The Labute approximate surface area is 210 Å². The maximum atomic E-state index is 14.2. The highest BCUT2D eigenvalue weighted by Gasteiger charge is 2.35. The van der Waals surface area contributed by atoms with Crippen molar-refractivity contribution in [2.24, 2.45) is 11.7 Å². The third-order valence-electron chi connectivity index (χ3n) is 6.80. The van der Waals surface area contributed by atoms with Gasteiger partial charge < -0.3 is 24.8 Å². The van der Waals surface area contributed by atoms with Crippen LogP contribution < -0.4 is 20.3 Å². The number of hydrogen-bond donors (Lipinski definition) is 1. The standard InChI is InChI=1S/C24H27F4N7O2/c1-24(27,28)21-32-23(37-33-21)34-6-4-14(5-7-34)13-36-16-9-30-22(31-10-16)35-11-18(20(29)12-35)17-8-15(25)2-3-19(17)26/h2-3,8-10,14,18,20H,4-7,11-13,29H2,1H3/t18-,20+/m1/s1. The molecule has 0 saturated carbocycles. The number of benzene rings is 1. The number of alkyl halides is 2. The van der Waals surface area contributed by atoms with Crippen LogP contribution in [0.15, 0.2) is 35.1 Å². The molecule has 9 nitrogen and oxygen atoms in total. The Balaban J connectivity index is 1.11. The number of hydrogen-bond acceptors (Lipinski definition) is 9. The molecule has 0 bridgehead atoms. The summed E-state index contributed by atoms with van der Waals surface area (Å²) in [4.78, 5) is 16.2. The van der Waals surface area contributed by atoms with Gasteiger partial charge in [0.25, 0.3) is 0 Å². The molecule has 0 amide bonds. The van der Waals surface area contributed by atoms with Crippen molar-refractivity contribution in [2.45, 2.75) is 37.6 Å². The van der Waals surface area contributed by atoms with E-state index in [4.69, 9.17) is 15.0 Å². The normalized spacial score (nSPS) is 21.0. The first-order valence-corrected chi connectivity index (χ1v) is 12.0. The molecule has 4 heterocycles. The summed E-state index contributed by atoms with van der Waals surface area (Å²) in [5.41, 5.74) is 6.48. The van der Waals surface area contributed by atoms with Gasteiger partial charge in [0.05, 0.1) is 19.0 Å². The van der Waals surface area contributed by atoms with Crippen LogP contribution in [0.5, 0.6) is 5.75 Å². The van der Waals surface area contributed by atoms with E-state index in [1.54, 1.807) is 17.3 Å². The van der Waals surface area contributed by atoms with E-state index < -0.39 is 23.4 Å². The summed E-state index contributed by atoms with van der Waals surface area (Å²) in [6.45, 7) is 3.14. The van der Waals surface area contributed by atoms with Crippen LogP contribution in [0.4, 0.5) is 29.5 Å². The third kappa shape index (κ3) is 5.60. The molecule has 2 aliphatic rings. The molecule has 2 N–H and O–H groups in total. The molecule has 5 rings (SSSR count). The van der Waals surface area contributed by atoms with Crippen molar-refractivity contribution in [1.29, 1.82) is 0 Å². The monoisotopic (exact) mass is 521 g/mol. The molecule has 198 valence electrons.